The number of aromatic nitrogens is 6. The number of imidazole rings is 2. The SMILES string of the molecule is Cc1cccc(-n2cnc3c(NCc4nc5ccccc5[nH]4)nc(N4CCCCC4)nc32)c1. The number of hydrogen-bond acceptors (Lipinski definition) is 6. The fourth-order valence-corrected chi connectivity index (χ4v) is 4.47. The van der Waals surface area contributed by atoms with Crippen molar-refractivity contribution in [2.24, 2.45) is 0 Å². The molecule has 1 aliphatic heterocycles. The highest BCUT2D eigenvalue weighted by molar-refractivity contribution is 5.85. The summed E-state index contributed by atoms with van der Waals surface area (Å²) >= 11 is 0. The van der Waals surface area contributed by atoms with Gasteiger partial charge in [-0.3, -0.25) is 4.57 Å². The molecule has 1 fully saturated rings. The van der Waals surface area contributed by atoms with E-state index in [0.717, 1.165) is 58.6 Å². The molecule has 0 atom stereocenters. The minimum Gasteiger partial charge on any atom is -0.361 e. The first kappa shape index (κ1) is 19.7. The Balaban J connectivity index is 1.41. The summed E-state index contributed by atoms with van der Waals surface area (Å²) in [4.78, 5) is 24.9. The molecule has 0 spiro atoms. The second kappa shape index (κ2) is 8.20. The van der Waals surface area contributed by atoms with Crippen molar-refractivity contribution in [2.45, 2.75) is 32.7 Å². The zero-order chi connectivity index (χ0) is 22.2. The quantitative estimate of drug-likeness (QED) is 0.417. The van der Waals surface area contributed by atoms with Gasteiger partial charge in [-0.05, 0) is 56.0 Å². The van der Waals surface area contributed by atoms with E-state index in [1.807, 2.05) is 35.2 Å². The first-order chi connectivity index (χ1) is 16.2. The zero-order valence-electron chi connectivity index (χ0n) is 18.6. The van der Waals surface area contributed by atoms with Crippen molar-refractivity contribution in [3.05, 3.63) is 66.2 Å². The lowest BCUT2D eigenvalue weighted by molar-refractivity contribution is 0.569. The second-order valence-electron chi connectivity index (χ2n) is 8.60. The van der Waals surface area contributed by atoms with E-state index in [-0.39, 0.29) is 0 Å². The molecule has 0 unspecified atom stereocenters. The number of piperidine rings is 1. The largest absolute Gasteiger partial charge is 0.361 e. The molecule has 8 nitrogen and oxygen atoms in total. The smallest absolute Gasteiger partial charge is 0.229 e. The fourth-order valence-electron chi connectivity index (χ4n) is 4.47. The molecule has 1 aliphatic rings. The maximum atomic E-state index is 4.97. The number of hydrogen-bond donors (Lipinski definition) is 2. The minimum atomic E-state index is 0.525. The molecule has 0 saturated carbocycles. The van der Waals surface area contributed by atoms with E-state index >= 15 is 0 Å². The molecule has 0 bridgehead atoms. The van der Waals surface area contributed by atoms with Crippen LogP contribution < -0.4 is 10.2 Å². The van der Waals surface area contributed by atoms with Crippen molar-refractivity contribution in [1.82, 2.24) is 29.5 Å². The van der Waals surface area contributed by atoms with Gasteiger partial charge in [0.25, 0.3) is 0 Å². The molecule has 2 aromatic carbocycles. The molecule has 6 rings (SSSR count). The highest BCUT2D eigenvalue weighted by atomic mass is 15.3. The van der Waals surface area contributed by atoms with Gasteiger partial charge in [0.15, 0.2) is 17.0 Å². The number of benzene rings is 2. The van der Waals surface area contributed by atoms with Gasteiger partial charge >= 0.3 is 0 Å². The molecule has 2 N–H and O–H groups in total. The van der Waals surface area contributed by atoms with Gasteiger partial charge in [-0.2, -0.15) is 9.97 Å². The topological polar surface area (TPSA) is 87.5 Å². The maximum Gasteiger partial charge on any atom is 0.229 e. The second-order valence-corrected chi connectivity index (χ2v) is 8.60. The van der Waals surface area contributed by atoms with Gasteiger partial charge in [0, 0.05) is 18.8 Å². The minimum absolute atomic E-state index is 0.525. The van der Waals surface area contributed by atoms with E-state index < -0.39 is 0 Å². The van der Waals surface area contributed by atoms with Crippen LogP contribution in [0.15, 0.2) is 54.9 Å². The number of aryl methyl sites for hydroxylation is 1. The first-order valence-corrected chi connectivity index (χ1v) is 11.5. The molecule has 1 saturated heterocycles. The van der Waals surface area contributed by atoms with Crippen molar-refractivity contribution in [2.75, 3.05) is 23.3 Å². The third-order valence-corrected chi connectivity index (χ3v) is 6.16. The Bertz CT molecular complexity index is 1390. The molecule has 5 aromatic rings. The predicted molar refractivity (Wildman–Crippen MR) is 131 cm³/mol. The lowest BCUT2D eigenvalue weighted by Gasteiger charge is -2.27. The maximum absolute atomic E-state index is 4.97. The summed E-state index contributed by atoms with van der Waals surface area (Å²) in [6, 6.07) is 16.4. The molecule has 0 amide bonds. The van der Waals surface area contributed by atoms with E-state index in [1.165, 1.54) is 24.8 Å². The number of rotatable bonds is 5. The zero-order valence-corrected chi connectivity index (χ0v) is 18.6. The van der Waals surface area contributed by atoms with Crippen LogP contribution in [0, 0.1) is 6.92 Å². The Morgan fingerprint density at radius 2 is 1.85 bits per heavy atom. The Morgan fingerprint density at radius 1 is 0.970 bits per heavy atom. The molecular formula is C25H26N8. The van der Waals surface area contributed by atoms with Crippen LogP contribution in [0.3, 0.4) is 0 Å². The fraction of sp³-hybridized carbons (Fsp3) is 0.280. The molecular weight excluding hydrogens is 412 g/mol. The van der Waals surface area contributed by atoms with Crippen LogP contribution in [0.4, 0.5) is 11.8 Å². The number of H-pyrrole nitrogens is 1. The molecule has 3 aromatic heterocycles. The number of fused-ring (bicyclic) bond motifs is 2. The Kier molecular flexibility index (Phi) is 4.90. The Labute approximate surface area is 191 Å². The van der Waals surface area contributed by atoms with Crippen LogP contribution in [0.5, 0.6) is 0 Å². The van der Waals surface area contributed by atoms with E-state index in [0.29, 0.717) is 6.54 Å². The normalized spacial score (nSPS) is 14.3. The van der Waals surface area contributed by atoms with E-state index in [4.69, 9.17) is 15.0 Å². The van der Waals surface area contributed by atoms with Crippen molar-refractivity contribution in [1.29, 1.82) is 0 Å². The summed E-state index contributed by atoms with van der Waals surface area (Å²) in [5.41, 5.74) is 5.79. The standard InChI is InChI=1S/C25H26N8/c1-17-8-7-9-18(14-17)33-16-27-22-23(26-15-21-28-19-10-3-4-11-20(19)29-21)30-25(31-24(22)33)32-12-5-2-6-13-32/h3-4,7-11,14,16H,2,5-6,12-13,15H2,1H3,(H,28,29)(H,26,30,31). The lowest BCUT2D eigenvalue weighted by Crippen LogP contribution is -2.31. The van der Waals surface area contributed by atoms with E-state index in [9.17, 15) is 0 Å². The van der Waals surface area contributed by atoms with Gasteiger partial charge < -0.3 is 15.2 Å². The first-order valence-electron chi connectivity index (χ1n) is 11.5. The monoisotopic (exact) mass is 438 g/mol. The van der Waals surface area contributed by atoms with Crippen LogP contribution in [-0.4, -0.2) is 42.6 Å². The van der Waals surface area contributed by atoms with Gasteiger partial charge in [0.1, 0.15) is 12.2 Å². The number of para-hydroxylation sites is 2. The molecule has 0 radical (unpaired) electrons. The lowest BCUT2D eigenvalue weighted by atomic mass is 10.1. The number of nitrogens with zero attached hydrogens (tertiary/aromatic N) is 6. The van der Waals surface area contributed by atoms with Gasteiger partial charge in [0.2, 0.25) is 5.95 Å². The van der Waals surface area contributed by atoms with E-state index in [1.54, 1.807) is 0 Å². The van der Waals surface area contributed by atoms with Crippen LogP contribution in [0.2, 0.25) is 0 Å². The third-order valence-electron chi connectivity index (χ3n) is 6.16. The molecule has 8 heteroatoms. The molecule has 0 aliphatic carbocycles. The summed E-state index contributed by atoms with van der Waals surface area (Å²) < 4.78 is 2.05. The van der Waals surface area contributed by atoms with Gasteiger partial charge in [0.05, 0.1) is 17.6 Å². The van der Waals surface area contributed by atoms with Crippen LogP contribution >= 0.6 is 0 Å². The summed E-state index contributed by atoms with van der Waals surface area (Å²) in [5.74, 6) is 2.34. The Morgan fingerprint density at radius 3 is 2.70 bits per heavy atom. The van der Waals surface area contributed by atoms with Gasteiger partial charge in [-0.1, -0.05) is 24.3 Å². The summed E-state index contributed by atoms with van der Waals surface area (Å²) in [6.07, 6.45) is 5.43. The van der Waals surface area contributed by atoms with Gasteiger partial charge in [-0.25, -0.2) is 9.97 Å². The van der Waals surface area contributed by atoms with Crippen LogP contribution in [0.1, 0.15) is 30.7 Å². The predicted octanol–water partition coefficient (Wildman–Crippen LogP) is 4.60. The molecule has 4 heterocycles. The van der Waals surface area contributed by atoms with E-state index in [2.05, 4.69) is 51.4 Å². The van der Waals surface area contributed by atoms with Crippen molar-refractivity contribution >= 4 is 34.0 Å². The molecule has 33 heavy (non-hydrogen) atoms. The van der Waals surface area contributed by atoms with Crippen LogP contribution in [-0.2, 0) is 6.54 Å². The van der Waals surface area contributed by atoms with Gasteiger partial charge in [-0.15, -0.1) is 0 Å². The average molecular weight is 439 g/mol. The highest BCUT2D eigenvalue weighted by Crippen LogP contribution is 2.27. The third kappa shape index (κ3) is 3.77. The van der Waals surface area contributed by atoms with Crippen molar-refractivity contribution < 1.29 is 0 Å². The summed E-state index contributed by atoms with van der Waals surface area (Å²) in [5, 5.41) is 3.47. The number of anilines is 2. The van der Waals surface area contributed by atoms with Crippen molar-refractivity contribution in [3.8, 4) is 5.69 Å². The highest BCUT2D eigenvalue weighted by Gasteiger charge is 2.20. The van der Waals surface area contributed by atoms with Crippen LogP contribution in [0.25, 0.3) is 27.9 Å². The summed E-state index contributed by atoms with van der Waals surface area (Å²) in [7, 11) is 0. The molecule has 166 valence electrons. The van der Waals surface area contributed by atoms with Crippen molar-refractivity contribution in [3.63, 3.8) is 0 Å². The summed E-state index contributed by atoms with van der Waals surface area (Å²) in [6.45, 7) is 4.58. The Hall–Kier alpha value is -3.94. The average Bonchev–Trinajstić information content (AvgIpc) is 3.47. The number of aromatic amines is 1. The number of nitrogens with one attached hydrogen (secondary N) is 2.